The maximum absolute atomic E-state index is 8.90. The molecule has 1 nitrogen and oxygen atoms in total. The molecule has 0 aromatic heterocycles. The first kappa shape index (κ1) is 14.4. The highest BCUT2D eigenvalue weighted by Gasteiger charge is 2.09. The number of hydrogen-bond donors (Lipinski definition) is 1. The van der Waals surface area contributed by atoms with E-state index in [4.69, 9.17) is 5.11 Å². The van der Waals surface area contributed by atoms with Gasteiger partial charge in [0.1, 0.15) is 0 Å². The van der Waals surface area contributed by atoms with Crippen molar-refractivity contribution in [3.63, 3.8) is 0 Å². The lowest BCUT2D eigenvalue weighted by atomic mass is 10.3. The van der Waals surface area contributed by atoms with Gasteiger partial charge in [-0.1, -0.05) is 33.3 Å². The Bertz CT molecular complexity index is 174. The molecule has 84 valence electrons. The molecule has 0 aliphatic rings. The molecule has 0 atom stereocenters. The summed E-state index contributed by atoms with van der Waals surface area (Å²) < 4.78 is 1.39. The number of aliphatic hydroxyl groups excluding tert-OH is 1. The highest BCUT2D eigenvalue weighted by atomic mass is 32.2. The van der Waals surface area contributed by atoms with Crippen LogP contribution in [0.4, 0.5) is 0 Å². The van der Waals surface area contributed by atoms with Crippen molar-refractivity contribution < 1.29 is 5.11 Å². The van der Waals surface area contributed by atoms with E-state index >= 15 is 0 Å². The lowest BCUT2D eigenvalue weighted by Gasteiger charge is -2.15. The van der Waals surface area contributed by atoms with Crippen LogP contribution in [0.2, 0.25) is 0 Å². The molecule has 0 aliphatic heterocycles. The van der Waals surface area contributed by atoms with Gasteiger partial charge in [0, 0.05) is 21.3 Å². The first-order valence-corrected chi connectivity index (χ1v) is 6.87. The van der Waals surface area contributed by atoms with Crippen LogP contribution in [0.25, 0.3) is 0 Å². The monoisotopic (exact) mass is 234 g/mol. The maximum Gasteiger partial charge on any atom is 0.0468 e. The average Bonchev–Trinajstić information content (AvgIpc) is 2.01. The summed E-state index contributed by atoms with van der Waals surface area (Å²) in [7, 11) is 0. The molecule has 0 rings (SSSR count). The molecule has 1 N–H and O–H groups in total. The van der Waals surface area contributed by atoms with Crippen LogP contribution in [0.5, 0.6) is 0 Å². The first-order valence-electron chi connectivity index (χ1n) is 5.11. The third-order valence-corrected chi connectivity index (χ3v) is 4.17. The van der Waals surface area contributed by atoms with Gasteiger partial charge < -0.3 is 5.11 Å². The van der Waals surface area contributed by atoms with Crippen LogP contribution in [0, 0.1) is 0 Å². The lowest BCUT2D eigenvalue weighted by Crippen LogP contribution is -1.95. The maximum atomic E-state index is 8.90. The molecule has 0 bridgehead atoms. The van der Waals surface area contributed by atoms with Crippen molar-refractivity contribution in [2.45, 2.75) is 51.5 Å². The molecule has 0 radical (unpaired) electrons. The number of rotatable bonds is 6. The van der Waals surface area contributed by atoms with Crippen LogP contribution in [0.1, 0.15) is 41.0 Å². The summed E-state index contributed by atoms with van der Waals surface area (Å²) in [6.45, 7) is 11.2. The molecule has 0 saturated heterocycles. The zero-order valence-corrected chi connectivity index (χ0v) is 11.5. The minimum absolute atomic E-state index is 0.257. The van der Waals surface area contributed by atoms with Crippen LogP contribution in [0.3, 0.4) is 0 Å². The fraction of sp³-hybridized carbons (Fsp3) is 0.818. The van der Waals surface area contributed by atoms with Gasteiger partial charge in [0.15, 0.2) is 0 Å². The van der Waals surface area contributed by atoms with Gasteiger partial charge in [-0.2, -0.15) is 0 Å². The van der Waals surface area contributed by atoms with Gasteiger partial charge >= 0.3 is 0 Å². The minimum atomic E-state index is 0.257. The molecule has 0 saturated carbocycles. The third-order valence-electron chi connectivity index (χ3n) is 1.52. The zero-order chi connectivity index (χ0) is 11.1. The Hall–Kier alpha value is 0.400. The predicted molar refractivity (Wildman–Crippen MR) is 69.9 cm³/mol. The van der Waals surface area contributed by atoms with Crippen molar-refractivity contribution >= 4 is 23.5 Å². The van der Waals surface area contributed by atoms with Gasteiger partial charge in [0.2, 0.25) is 0 Å². The Morgan fingerprint density at radius 1 is 1.07 bits per heavy atom. The van der Waals surface area contributed by atoms with E-state index in [0.29, 0.717) is 10.5 Å². The van der Waals surface area contributed by atoms with Crippen molar-refractivity contribution in [3.05, 3.63) is 9.81 Å². The molecule has 0 unspecified atom stereocenters. The summed E-state index contributed by atoms with van der Waals surface area (Å²) in [6, 6.07) is 0. The number of hydrogen-bond acceptors (Lipinski definition) is 3. The van der Waals surface area contributed by atoms with Crippen molar-refractivity contribution in [2.24, 2.45) is 0 Å². The Kier molecular flexibility index (Phi) is 7.88. The van der Waals surface area contributed by atoms with Gasteiger partial charge in [0.25, 0.3) is 0 Å². The van der Waals surface area contributed by atoms with Gasteiger partial charge in [-0.15, -0.1) is 23.5 Å². The molecule has 0 amide bonds. The van der Waals surface area contributed by atoms with Gasteiger partial charge in [-0.3, -0.25) is 0 Å². The number of aliphatic hydroxyl groups is 1. The largest absolute Gasteiger partial charge is 0.396 e. The molecular weight excluding hydrogens is 212 g/mol. The van der Waals surface area contributed by atoms with Crippen molar-refractivity contribution in [1.29, 1.82) is 0 Å². The van der Waals surface area contributed by atoms with Crippen LogP contribution in [-0.2, 0) is 0 Å². The van der Waals surface area contributed by atoms with E-state index in [0.717, 1.165) is 6.42 Å². The van der Waals surface area contributed by atoms with Crippen LogP contribution < -0.4 is 0 Å². The molecule has 3 heteroatoms. The van der Waals surface area contributed by atoms with E-state index < -0.39 is 0 Å². The molecule has 0 aliphatic carbocycles. The standard InChI is InChI=1S/C11H22OS2/c1-8(2)13-11(14-9(3)4)10(5)6-7-12/h8-9,12H,6-7H2,1-5H3. The van der Waals surface area contributed by atoms with Gasteiger partial charge in [-0.25, -0.2) is 0 Å². The molecule has 0 aromatic carbocycles. The van der Waals surface area contributed by atoms with Gasteiger partial charge in [0.05, 0.1) is 0 Å². The summed E-state index contributed by atoms with van der Waals surface area (Å²) in [6.07, 6.45) is 0.800. The molecule has 0 aromatic rings. The third kappa shape index (κ3) is 6.80. The second kappa shape index (κ2) is 7.66. The topological polar surface area (TPSA) is 20.2 Å². The fourth-order valence-electron chi connectivity index (χ4n) is 0.927. The predicted octanol–water partition coefficient (Wildman–Crippen LogP) is 3.88. The number of thioether (sulfide) groups is 2. The Morgan fingerprint density at radius 2 is 1.50 bits per heavy atom. The summed E-state index contributed by atoms with van der Waals surface area (Å²) in [5.41, 5.74) is 1.32. The minimum Gasteiger partial charge on any atom is -0.396 e. The highest BCUT2D eigenvalue weighted by Crippen LogP contribution is 2.37. The average molecular weight is 234 g/mol. The second-order valence-corrected chi connectivity index (χ2v) is 7.31. The van der Waals surface area contributed by atoms with Crippen LogP contribution >= 0.6 is 23.5 Å². The van der Waals surface area contributed by atoms with Crippen molar-refractivity contribution in [1.82, 2.24) is 0 Å². The Balaban J connectivity index is 4.43. The van der Waals surface area contributed by atoms with E-state index in [9.17, 15) is 0 Å². The molecule has 0 spiro atoms. The highest BCUT2D eigenvalue weighted by molar-refractivity contribution is 8.22. The van der Waals surface area contributed by atoms with Gasteiger partial charge in [-0.05, 0) is 13.3 Å². The Morgan fingerprint density at radius 3 is 1.79 bits per heavy atom. The fourth-order valence-corrected chi connectivity index (χ4v) is 3.77. The molecule has 14 heavy (non-hydrogen) atoms. The van der Waals surface area contributed by atoms with Crippen molar-refractivity contribution in [3.8, 4) is 0 Å². The van der Waals surface area contributed by atoms with E-state index in [-0.39, 0.29) is 6.61 Å². The summed E-state index contributed by atoms with van der Waals surface area (Å²) in [4.78, 5) is 0. The molecule has 0 heterocycles. The first-order chi connectivity index (χ1) is 6.47. The molecule has 0 fully saturated rings. The summed E-state index contributed by atoms with van der Waals surface area (Å²) in [5, 5.41) is 10.1. The second-order valence-electron chi connectivity index (χ2n) is 3.87. The van der Waals surface area contributed by atoms with E-state index in [1.165, 1.54) is 9.81 Å². The summed E-state index contributed by atoms with van der Waals surface area (Å²) >= 11 is 3.81. The van der Waals surface area contributed by atoms with E-state index in [1.807, 2.05) is 23.5 Å². The normalized spacial score (nSPS) is 11.1. The quantitative estimate of drug-likeness (QED) is 0.753. The zero-order valence-electron chi connectivity index (χ0n) is 9.83. The lowest BCUT2D eigenvalue weighted by molar-refractivity contribution is 0.299. The van der Waals surface area contributed by atoms with Crippen LogP contribution in [0.15, 0.2) is 9.81 Å². The van der Waals surface area contributed by atoms with Crippen LogP contribution in [-0.4, -0.2) is 22.2 Å². The smallest absolute Gasteiger partial charge is 0.0468 e. The summed E-state index contributed by atoms with van der Waals surface area (Å²) in [5.74, 6) is 0. The van der Waals surface area contributed by atoms with E-state index in [2.05, 4.69) is 34.6 Å². The SMILES string of the molecule is CC(CCO)=C(SC(C)C)SC(C)C. The van der Waals surface area contributed by atoms with E-state index in [1.54, 1.807) is 0 Å². The Labute approximate surface area is 96.7 Å². The molecular formula is C11H22OS2. The van der Waals surface area contributed by atoms with Crippen molar-refractivity contribution in [2.75, 3.05) is 6.61 Å².